The summed E-state index contributed by atoms with van der Waals surface area (Å²) in [5.41, 5.74) is 4.88. The van der Waals surface area contributed by atoms with Gasteiger partial charge in [-0.15, -0.1) is 0 Å². The molecule has 0 aliphatic rings. The SMILES string of the molecule is C/C=C\C(=NC)c1c(C)cccc1C.CC.CC. The smallest absolute Gasteiger partial charge is 0.0645 e. The van der Waals surface area contributed by atoms with Gasteiger partial charge in [0.05, 0.1) is 5.71 Å². The van der Waals surface area contributed by atoms with Gasteiger partial charge in [-0.1, -0.05) is 52.0 Å². The number of hydrogen-bond donors (Lipinski definition) is 0. The summed E-state index contributed by atoms with van der Waals surface area (Å²) in [6.45, 7) is 14.3. The van der Waals surface area contributed by atoms with Gasteiger partial charge in [0, 0.05) is 12.6 Å². The van der Waals surface area contributed by atoms with E-state index in [4.69, 9.17) is 0 Å². The molecule has 102 valence electrons. The fourth-order valence-electron chi connectivity index (χ4n) is 1.65. The predicted octanol–water partition coefficient (Wildman–Crippen LogP) is 5.35. The van der Waals surface area contributed by atoms with E-state index in [1.807, 2.05) is 47.7 Å². The lowest BCUT2D eigenvalue weighted by Crippen LogP contribution is -2.02. The zero-order valence-corrected chi connectivity index (χ0v) is 13.3. The molecule has 0 saturated heterocycles. The van der Waals surface area contributed by atoms with Gasteiger partial charge in [-0.05, 0) is 38.0 Å². The molecule has 1 rings (SSSR count). The second-order valence-electron chi connectivity index (χ2n) is 3.38. The zero-order chi connectivity index (χ0) is 14.6. The van der Waals surface area contributed by atoms with Gasteiger partial charge in [-0.2, -0.15) is 0 Å². The summed E-state index contributed by atoms with van der Waals surface area (Å²) < 4.78 is 0. The first kappa shape index (κ1) is 19.0. The van der Waals surface area contributed by atoms with Crippen molar-refractivity contribution in [2.24, 2.45) is 4.99 Å². The van der Waals surface area contributed by atoms with E-state index >= 15 is 0 Å². The number of nitrogens with zero attached hydrogens (tertiary/aromatic N) is 1. The van der Waals surface area contributed by atoms with Crippen LogP contribution in [0.25, 0.3) is 0 Å². The quantitative estimate of drug-likeness (QED) is 0.625. The minimum absolute atomic E-state index is 1.06. The van der Waals surface area contributed by atoms with Gasteiger partial charge in [0.1, 0.15) is 0 Å². The van der Waals surface area contributed by atoms with E-state index in [2.05, 4.69) is 43.1 Å². The predicted molar refractivity (Wildman–Crippen MR) is 85.9 cm³/mol. The molecule has 0 atom stereocenters. The van der Waals surface area contributed by atoms with Gasteiger partial charge in [0.15, 0.2) is 0 Å². The minimum Gasteiger partial charge on any atom is -0.288 e. The fourth-order valence-corrected chi connectivity index (χ4v) is 1.65. The molecule has 0 aliphatic heterocycles. The Balaban J connectivity index is 0. The molecule has 0 bridgehead atoms. The number of benzene rings is 1. The molecule has 0 aromatic heterocycles. The van der Waals surface area contributed by atoms with Crippen molar-refractivity contribution in [3.63, 3.8) is 0 Å². The van der Waals surface area contributed by atoms with Crippen LogP contribution >= 0.6 is 0 Å². The lowest BCUT2D eigenvalue weighted by molar-refractivity contribution is 1.33. The molecule has 0 heterocycles. The lowest BCUT2D eigenvalue weighted by atomic mass is 9.98. The molecule has 1 nitrogen and oxygen atoms in total. The first-order valence-corrected chi connectivity index (χ1v) is 6.86. The molecule has 0 fully saturated rings. The van der Waals surface area contributed by atoms with Crippen LogP contribution in [-0.2, 0) is 0 Å². The van der Waals surface area contributed by atoms with E-state index in [0.29, 0.717) is 0 Å². The first-order chi connectivity index (χ1) is 8.70. The largest absolute Gasteiger partial charge is 0.288 e. The Morgan fingerprint density at radius 2 is 1.44 bits per heavy atom. The molecular formula is C17H29N. The zero-order valence-electron chi connectivity index (χ0n) is 13.3. The summed E-state index contributed by atoms with van der Waals surface area (Å²) in [6, 6.07) is 6.32. The van der Waals surface area contributed by atoms with E-state index in [1.54, 1.807) is 0 Å². The Bertz CT molecular complexity index is 353. The maximum atomic E-state index is 4.30. The molecule has 0 saturated carbocycles. The maximum absolute atomic E-state index is 4.30. The number of aliphatic imine (C=N–C) groups is 1. The van der Waals surface area contributed by atoms with Crippen LogP contribution in [0.5, 0.6) is 0 Å². The highest BCUT2D eigenvalue weighted by Crippen LogP contribution is 2.15. The van der Waals surface area contributed by atoms with Crippen LogP contribution in [0, 0.1) is 13.8 Å². The third kappa shape index (κ3) is 5.81. The number of allylic oxidation sites excluding steroid dienone is 2. The van der Waals surface area contributed by atoms with E-state index in [-0.39, 0.29) is 0 Å². The van der Waals surface area contributed by atoms with Gasteiger partial charge in [0.2, 0.25) is 0 Å². The summed E-state index contributed by atoms with van der Waals surface area (Å²) in [5, 5.41) is 0. The number of aryl methyl sites for hydroxylation is 2. The maximum Gasteiger partial charge on any atom is 0.0645 e. The highest BCUT2D eigenvalue weighted by atomic mass is 14.7. The van der Waals surface area contributed by atoms with Gasteiger partial charge >= 0.3 is 0 Å². The highest BCUT2D eigenvalue weighted by molar-refractivity contribution is 6.10. The van der Waals surface area contributed by atoms with Crippen LogP contribution in [0.3, 0.4) is 0 Å². The van der Waals surface area contributed by atoms with Gasteiger partial charge in [0.25, 0.3) is 0 Å². The van der Waals surface area contributed by atoms with E-state index in [9.17, 15) is 0 Å². The Hall–Kier alpha value is -1.37. The molecule has 0 aliphatic carbocycles. The van der Waals surface area contributed by atoms with Gasteiger partial charge < -0.3 is 0 Å². The standard InChI is InChI=1S/C13H17N.2C2H6/c1-5-7-12(14-4)13-10(2)8-6-9-11(13)3;2*1-2/h5-9H,1-4H3;2*1-2H3/b7-5-,14-12?;;. The van der Waals surface area contributed by atoms with E-state index in [0.717, 1.165) is 5.71 Å². The van der Waals surface area contributed by atoms with Crippen molar-refractivity contribution in [1.29, 1.82) is 0 Å². The van der Waals surface area contributed by atoms with Gasteiger partial charge in [-0.25, -0.2) is 0 Å². The number of hydrogen-bond acceptors (Lipinski definition) is 1. The van der Waals surface area contributed by atoms with Crippen molar-refractivity contribution in [2.75, 3.05) is 7.05 Å². The second kappa shape index (κ2) is 12.1. The van der Waals surface area contributed by atoms with Crippen molar-refractivity contribution in [1.82, 2.24) is 0 Å². The Morgan fingerprint density at radius 3 is 1.78 bits per heavy atom. The number of rotatable bonds is 2. The summed E-state index contributed by atoms with van der Waals surface area (Å²) in [5.74, 6) is 0. The summed E-state index contributed by atoms with van der Waals surface area (Å²) in [6.07, 6.45) is 4.07. The molecule has 0 spiro atoms. The molecule has 0 amide bonds. The van der Waals surface area contributed by atoms with E-state index in [1.165, 1.54) is 16.7 Å². The normalized spacial score (nSPS) is 10.3. The monoisotopic (exact) mass is 247 g/mol. The lowest BCUT2D eigenvalue weighted by Gasteiger charge is -2.08. The Morgan fingerprint density at radius 1 is 1.00 bits per heavy atom. The third-order valence-electron chi connectivity index (χ3n) is 2.30. The van der Waals surface area contributed by atoms with Crippen LogP contribution in [0.2, 0.25) is 0 Å². The van der Waals surface area contributed by atoms with Crippen molar-refractivity contribution < 1.29 is 0 Å². The molecule has 1 aromatic carbocycles. The molecule has 0 unspecified atom stereocenters. The Labute approximate surface area is 114 Å². The Kier molecular flexibility index (Phi) is 12.8. The highest BCUT2D eigenvalue weighted by Gasteiger charge is 2.05. The van der Waals surface area contributed by atoms with Crippen molar-refractivity contribution >= 4 is 5.71 Å². The molecule has 1 heteroatoms. The van der Waals surface area contributed by atoms with Crippen LogP contribution in [0.4, 0.5) is 0 Å². The summed E-state index contributed by atoms with van der Waals surface area (Å²) in [7, 11) is 1.83. The molecule has 0 radical (unpaired) electrons. The second-order valence-corrected chi connectivity index (χ2v) is 3.38. The van der Waals surface area contributed by atoms with Crippen LogP contribution in [-0.4, -0.2) is 12.8 Å². The van der Waals surface area contributed by atoms with Crippen molar-refractivity contribution in [2.45, 2.75) is 48.5 Å². The molecular weight excluding hydrogens is 218 g/mol. The first-order valence-electron chi connectivity index (χ1n) is 6.86. The molecule has 18 heavy (non-hydrogen) atoms. The average molecular weight is 247 g/mol. The van der Waals surface area contributed by atoms with Crippen LogP contribution in [0.15, 0.2) is 35.3 Å². The van der Waals surface area contributed by atoms with Crippen LogP contribution < -0.4 is 0 Å². The topological polar surface area (TPSA) is 12.4 Å². The average Bonchev–Trinajstić information content (AvgIpc) is 2.42. The van der Waals surface area contributed by atoms with Crippen LogP contribution in [0.1, 0.15) is 51.3 Å². The summed E-state index contributed by atoms with van der Waals surface area (Å²) >= 11 is 0. The van der Waals surface area contributed by atoms with Crippen molar-refractivity contribution in [3.05, 3.63) is 47.0 Å². The molecule has 1 aromatic rings. The minimum atomic E-state index is 1.06. The third-order valence-corrected chi connectivity index (χ3v) is 2.30. The van der Waals surface area contributed by atoms with Gasteiger partial charge in [-0.3, -0.25) is 4.99 Å². The fraction of sp³-hybridized carbons (Fsp3) is 0.471. The molecule has 0 N–H and O–H groups in total. The van der Waals surface area contributed by atoms with E-state index < -0.39 is 0 Å². The summed E-state index contributed by atoms with van der Waals surface area (Å²) in [4.78, 5) is 4.30. The van der Waals surface area contributed by atoms with Crippen molar-refractivity contribution in [3.8, 4) is 0 Å².